The molecule has 4 aliphatic carbocycles. The van der Waals surface area contributed by atoms with Gasteiger partial charge in [-0.25, -0.2) is 8.42 Å². The zero-order valence-electron chi connectivity index (χ0n) is 21.7. The van der Waals surface area contributed by atoms with Crippen molar-refractivity contribution in [1.29, 1.82) is 0 Å². The average molecular weight is 549 g/mol. The van der Waals surface area contributed by atoms with Crippen molar-refractivity contribution in [2.24, 2.45) is 23.7 Å². The predicted molar refractivity (Wildman–Crippen MR) is 152 cm³/mol. The molecule has 7 rings (SSSR count). The van der Waals surface area contributed by atoms with Crippen LogP contribution < -0.4 is 10.0 Å². The van der Waals surface area contributed by atoms with E-state index in [1.165, 1.54) is 55.9 Å². The third-order valence-electron chi connectivity index (χ3n) is 9.02. The van der Waals surface area contributed by atoms with Crippen LogP contribution >= 0.6 is 11.6 Å². The molecule has 3 aromatic carbocycles. The van der Waals surface area contributed by atoms with Crippen molar-refractivity contribution < 1.29 is 13.2 Å². The van der Waals surface area contributed by atoms with E-state index in [9.17, 15) is 13.2 Å². The molecule has 4 saturated carbocycles. The molecule has 7 heteroatoms. The van der Waals surface area contributed by atoms with Gasteiger partial charge in [0.2, 0.25) is 0 Å². The molecule has 0 spiro atoms. The Morgan fingerprint density at radius 2 is 1.42 bits per heavy atom. The lowest BCUT2D eigenvalue weighted by Gasteiger charge is -2.54. The van der Waals surface area contributed by atoms with E-state index in [2.05, 4.69) is 22.2 Å². The first-order valence-corrected chi connectivity index (χ1v) is 15.3. The first kappa shape index (κ1) is 25.4. The maximum Gasteiger partial charge on any atom is 0.263 e. The Morgan fingerprint density at radius 3 is 2.05 bits per heavy atom. The van der Waals surface area contributed by atoms with Crippen LogP contribution in [0.15, 0.2) is 65.6 Å². The Labute approximate surface area is 230 Å². The lowest BCUT2D eigenvalue weighted by molar-refractivity contribution is -0.00277. The third kappa shape index (κ3) is 4.85. The molecule has 0 unspecified atom stereocenters. The van der Waals surface area contributed by atoms with Crippen molar-refractivity contribution in [3.8, 4) is 0 Å². The van der Waals surface area contributed by atoms with E-state index >= 15 is 0 Å². The monoisotopic (exact) mass is 548 g/mol. The summed E-state index contributed by atoms with van der Waals surface area (Å²) in [6, 6.07) is 17.9. The van der Waals surface area contributed by atoms with Gasteiger partial charge >= 0.3 is 0 Å². The Morgan fingerprint density at radius 1 is 0.789 bits per heavy atom. The minimum absolute atomic E-state index is 0.0536. The van der Waals surface area contributed by atoms with Crippen LogP contribution in [0, 0.1) is 37.5 Å². The van der Waals surface area contributed by atoms with Crippen molar-refractivity contribution in [2.45, 2.75) is 56.8 Å². The first-order chi connectivity index (χ1) is 18.2. The molecule has 5 nitrogen and oxygen atoms in total. The van der Waals surface area contributed by atoms with E-state index in [1.807, 2.05) is 32.0 Å². The summed E-state index contributed by atoms with van der Waals surface area (Å²) in [6.45, 7) is 3.88. The molecule has 0 saturated heterocycles. The zero-order valence-corrected chi connectivity index (χ0v) is 23.3. The molecule has 3 aromatic rings. The zero-order chi connectivity index (χ0) is 26.6. The van der Waals surface area contributed by atoms with Gasteiger partial charge < -0.3 is 5.32 Å². The van der Waals surface area contributed by atoms with Gasteiger partial charge in [0.1, 0.15) is 4.90 Å². The number of carbonyl (C=O) groups excluding carboxylic acids is 1. The largest absolute Gasteiger partial charge is 0.322 e. The number of anilines is 2. The summed E-state index contributed by atoms with van der Waals surface area (Å²) < 4.78 is 28.8. The van der Waals surface area contributed by atoms with Crippen LogP contribution in [-0.4, -0.2) is 14.3 Å². The van der Waals surface area contributed by atoms with Crippen LogP contribution in [0.2, 0.25) is 5.02 Å². The van der Waals surface area contributed by atoms with Gasteiger partial charge in [0.05, 0.1) is 5.02 Å². The summed E-state index contributed by atoms with van der Waals surface area (Å²) in [5, 5.41) is 2.97. The second-order valence-corrected chi connectivity index (χ2v) is 13.6. The van der Waals surface area contributed by atoms with Crippen LogP contribution in [0.4, 0.5) is 11.4 Å². The molecule has 38 heavy (non-hydrogen) atoms. The van der Waals surface area contributed by atoms with E-state index in [-0.39, 0.29) is 21.4 Å². The lowest BCUT2D eigenvalue weighted by Crippen LogP contribution is -2.43. The standard InChI is InChI=1S/C31H33ClN2O3S/c1-18-3-7-27(11-19(18)2)34-38(36,37)29-17-23(6-10-28(29)32)31(35)33-26-8-4-22(5-9-26)30-24-13-20-12-21(15-24)16-25(30)14-20/h3-11,17,20-21,24-25,30,34H,12-16H2,1-2H3,(H,33,35). The number of rotatable bonds is 6. The second kappa shape index (κ2) is 9.73. The molecule has 0 heterocycles. The molecule has 0 aromatic heterocycles. The number of halogens is 1. The number of benzene rings is 3. The van der Waals surface area contributed by atoms with Gasteiger partial charge in [-0.1, -0.05) is 29.8 Å². The van der Waals surface area contributed by atoms with Crippen molar-refractivity contribution in [3.05, 3.63) is 87.9 Å². The van der Waals surface area contributed by atoms with Gasteiger partial charge in [0, 0.05) is 16.9 Å². The van der Waals surface area contributed by atoms with Gasteiger partial charge in [0.25, 0.3) is 15.9 Å². The highest BCUT2D eigenvalue weighted by atomic mass is 35.5. The molecule has 4 bridgehead atoms. The SMILES string of the molecule is Cc1ccc(NS(=O)(=O)c2cc(C(=O)Nc3ccc(C4C5CC6CC(C5)CC4C6)cc3)ccc2Cl)cc1C. The summed E-state index contributed by atoms with van der Waals surface area (Å²) in [5.41, 5.74) is 4.77. The number of nitrogens with one attached hydrogen (secondary N) is 2. The quantitative estimate of drug-likeness (QED) is 0.334. The fraction of sp³-hybridized carbons (Fsp3) is 0.387. The normalized spacial score (nSPS) is 25.8. The summed E-state index contributed by atoms with van der Waals surface area (Å²) in [6.07, 6.45) is 6.93. The minimum Gasteiger partial charge on any atom is -0.322 e. The fourth-order valence-corrected chi connectivity index (χ4v) is 8.90. The van der Waals surface area contributed by atoms with Gasteiger partial charge in [0.15, 0.2) is 0 Å². The third-order valence-corrected chi connectivity index (χ3v) is 10.9. The number of carbonyl (C=O) groups is 1. The number of aryl methyl sites for hydroxylation is 2. The molecule has 4 aliphatic rings. The average Bonchev–Trinajstić information content (AvgIpc) is 2.86. The van der Waals surface area contributed by atoms with E-state index in [4.69, 9.17) is 11.6 Å². The van der Waals surface area contributed by atoms with Gasteiger partial charge in [-0.2, -0.15) is 0 Å². The molecule has 4 fully saturated rings. The van der Waals surface area contributed by atoms with Crippen LogP contribution in [0.5, 0.6) is 0 Å². The number of amides is 1. The minimum atomic E-state index is -3.99. The Bertz CT molecular complexity index is 1470. The smallest absolute Gasteiger partial charge is 0.263 e. The van der Waals surface area contributed by atoms with Crippen LogP contribution in [0.1, 0.15) is 65.1 Å². The lowest BCUT2D eigenvalue weighted by atomic mass is 9.51. The van der Waals surface area contributed by atoms with E-state index in [0.717, 1.165) is 34.8 Å². The summed E-state index contributed by atoms with van der Waals surface area (Å²) in [5.74, 6) is 3.75. The predicted octanol–water partition coefficient (Wildman–Crippen LogP) is 7.55. The Kier molecular flexibility index (Phi) is 6.51. The first-order valence-electron chi connectivity index (χ1n) is 13.5. The molecule has 0 aliphatic heterocycles. The number of hydrogen-bond donors (Lipinski definition) is 2. The van der Waals surface area contributed by atoms with Gasteiger partial charge in [-0.05, 0) is 135 Å². The van der Waals surface area contributed by atoms with Crippen LogP contribution in [-0.2, 0) is 10.0 Å². The summed E-state index contributed by atoms with van der Waals surface area (Å²) >= 11 is 6.26. The maximum absolute atomic E-state index is 13.1. The molecule has 198 valence electrons. The Balaban J connectivity index is 1.17. The highest BCUT2D eigenvalue weighted by molar-refractivity contribution is 7.92. The van der Waals surface area contributed by atoms with Crippen molar-refractivity contribution in [2.75, 3.05) is 10.0 Å². The van der Waals surface area contributed by atoms with E-state index < -0.39 is 10.0 Å². The topological polar surface area (TPSA) is 75.3 Å². The van der Waals surface area contributed by atoms with Crippen LogP contribution in [0.3, 0.4) is 0 Å². The van der Waals surface area contributed by atoms with Crippen molar-refractivity contribution >= 4 is 38.9 Å². The maximum atomic E-state index is 13.1. The molecular formula is C31H33ClN2O3S. The highest BCUT2D eigenvalue weighted by Crippen LogP contribution is 2.59. The van der Waals surface area contributed by atoms with E-state index in [0.29, 0.717) is 17.3 Å². The molecular weight excluding hydrogens is 516 g/mol. The summed E-state index contributed by atoms with van der Waals surface area (Å²) in [7, 11) is -3.99. The van der Waals surface area contributed by atoms with Gasteiger partial charge in [-0.15, -0.1) is 0 Å². The number of sulfonamides is 1. The molecule has 2 N–H and O–H groups in total. The Hall–Kier alpha value is -2.83. The summed E-state index contributed by atoms with van der Waals surface area (Å²) in [4.78, 5) is 12.9. The van der Waals surface area contributed by atoms with Crippen molar-refractivity contribution in [3.63, 3.8) is 0 Å². The van der Waals surface area contributed by atoms with Gasteiger partial charge in [-0.3, -0.25) is 9.52 Å². The van der Waals surface area contributed by atoms with Crippen LogP contribution in [0.25, 0.3) is 0 Å². The fourth-order valence-electron chi connectivity index (χ4n) is 7.33. The number of hydrogen-bond acceptors (Lipinski definition) is 3. The molecule has 0 atom stereocenters. The van der Waals surface area contributed by atoms with E-state index in [1.54, 1.807) is 12.1 Å². The molecule has 0 radical (unpaired) electrons. The molecule has 1 amide bonds. The second-order valence-electron chi connectivity index (χ2n) is 11.6. The van der Waals surface area contributed by atoms with Crippen molar-refractivity contribution in [1.82, 2.24) is 0 Å². The highest BCUT2D eigenvalue weighted by Gasteiger charge is 2.48.